The molecular weight excluding hydrogens is 372 g/mol. The zero-order chi connectivity index (χ0) is 16.1. The predicted molar refractivity (Wildman–Crippen MR) is 99.3 cm³/mol. The van der Waals surface area contributed by atoms with E-state index in [1.165, 1.54) is 0 Å². The van der Waals surface area contributed by atoms with Gasteiger partial charge in [0, 0.05) is 32.1 Å². The van der Waals surface area contributed by atoms with Crippen molar-refractivity contribution in [1.29, 1.82) is 0 Å². The largest absolute Gasteiger partial charge is 0.376 e. The summed E-state index contributed by atoms with van der Waals surface area (Å²) in [5.41, 5.74) is 2.88. The number of allylic oxidation sites excluding steroid dienone is 2. The molecular formula is C18H13Cl4N. The first-order valence-electron chi connectivity index (χ1n) is 7.43. The lowest BCUT2D eigenvalue weighted by molar-refractivity contribution is 0.426. The highest BCUT2D eigenvalue weighted by Gasteiger charge is 2.41. The monoisotopic (exact) mass is 383 g/mol. The highest BCUT2D eigenvalue weighted by Crippen LogP contribution is 2.55. The van der Waals surface area contributed by atoms with E-state index in [9.17, 15) is 0 Å². The molecule has 1 aliphatic carbocycles. The first-order valence-corrected chi connectivity index (χ1v) is 8.94. The minimum atomic E-state index is -0.000309. The summed E-state index contributed by atoms with van der Waals surface area (Å²) < 4.78 is 0. The van der Waals surface area contributed by atoms with Crippen molar-refractivity contribution in [3.8, 4) is 0 Å². The van der Waals surface area contributed by atoms with Crippen LogP contribution in [0.5, 0.6) is 0 Å². The number of anilines is 1. The number of fused-ring (bicyclic) bond motifs is 3. The van der Waals surface area contributed by atoms with Gasteiger partial charge in [-0.25, -0.2) is 0 Å². The van der Waals surface area contributed by atoms with Crippen LogP contribution in [0.3, 0.4) is 0 Å². The van der Waals surface area contributed by atoms with E-state index >= 15 is 0 Å². The molecule has 0 fully saturated rings. The van der Waals surface area contributed by atoms with Gasteiger partial charge in [-0.1, -0.05) is 64.6 Å². The number of hydrogen-bond acceptors (Lipinski definition) is 1. The van der Waals surface area contributed by atoms with Crippen molar-refractivity contribution < 1.29 is 0 Å². The van der Waals surface area contributed by atoms with Crippen molar-refractivity contribution in [2.24, 2.45) is 5.92 Å². The van der Waals surface area contributed by atoms with E-state index in [1.807, 2.05) is 30.3 Å². The van der Waals surface area contributed by atoms with Crippen LogP contribution in [-0.2, 0) is 0 Å². The van der Waals surface area contributed by atoms with Gasteiger partial charge in [0.2, 0.25) is 0 Å². The fourth-order valence-electron chi connectivity index (χ4n) is 3.72. The third kappa shape index (κ3) is 2.46. The molecule has 118 valence electrons. The second-order valence-corrected chi connectivity index (χ2v) is 7.56. The Kier molecular flexibility index (Phi) is 4.01. The van der Waals surface area contributed by atoms with Gasteiger partial charge < -0.3 is 5.32 Å². The van der Waals surface area contributed by atoms with E-state index < -0.39 is 0 Å². The minimum absolute atomic E-state index is 0.000309. The lowest BCUT2D eigenvalue weighted by Gasteiger charge is -2.39. The van der Waals surface area contributed by atoms with Gasteiger partial charge in [0.1, 0.15) is 0 Å². The van der Waals surface area contributed by atoms with Gasteiger partial charge in [-0.15, -0.1) is 0 Å². The Balaban J connectivity index is 1.90. The van der Waals surface area contributed by atoms with Crippen molar-refractivity contribution in [3.05, 3.63) is 73.7 Å². The average Bonchev–Trinajstić information content (AvgIpc) is 3.00. The van der Waals surface area contributed by atoms with E-state index in [2.05, 4.69) is 17.5 Å². The number of hydrogen-bond donors (Lipinski definition) is 1. The van der Waals surface area contributed by atoms with Crippen LogP contribution in [0.25, 0.3) is 0 Å². The molecule has 2 aromatic carbocycles. The van der Waals surface area contributed by atoms with E-state index in [0.717, 1.165) is 28.3 Å². The summed E-state index contributed by atoms with van der Waals surface area (Å²) in [6.07, 6.45) is 5.36. The Hall–Kier alpha value is -0.860. The first-order chi connectivity index (χ1) is 11.1. The maximum atomic E-state index is 6.45. The van der Waals surface area contributed by atoms with E-state index in [-0.39, 0.29) is 12.0 Å². The molecule has 1 aliphatic heterocycles. The standard InChI is InChI=1S/C18H13Cl4N/c19-11-5-2-6-12(20)16(11)17-10-4-1-3-9(10)15-13(21)7-8-14(22)18(15)23-17/h1-3,5-10,17,23H,4H2/t9-,10+,17-/m1/s1. The van der Waals surface area contributed by atoms with Crippen LogP contribution < -0.4 is 5.32 Å². The molecule has 0 unspecified atom stereocenters. The highest BCUT2D eigenvalue weighted by atomic mass is 35.5. The maximum Gasteiger partial charge on any atom is 0.0641 e. The smallest absolute Gasteiger partial charge is 0.0641 e. The lowest BCUT2D eigenvalue weighted by atomic mass is 9.77. The van der Waals surface area contributed by atoms with E-state index in [4.69, 9.17) is 46.4 Å². The van der Waals surface area contributed by atoms with Gasteiger partial charge >= 0.3 is 0 Å². The van der Waals surface area contributed by atoms with Crippen LogP contribution in [0.1, 0.15) is 29.5 Å². The van der Waals surface area contributed by atoms with Crippen LogP contribution in [0, 0.1) is 5.92 Å². The molecule has 0 aromatic heterocycles. The minimum Gasteiger partial charge on any atom is -0.376 e. The topological polar surface area (TPSA) is 12.0 Å². The Labute approximate surface area is 155 Å². The van der Waals surface area contributed by atoms with Crippen LogP contribution >= 0.6 is 46.4 Å². The molecule has 0 radical (unpaired) electrons. The summed E-state index contributed by atoms with van der Waals surface area (Å²) >= 11 is 25.8. The molecule has 4 rings (SSSR count). The van der Waals surface area contributed by atoms with Crippen LogP contribution in [0.4, 0.5) is 5.69 Å². The second-order valence-electron chi connectivity index (χ2n) is 5.93. The Morgan fingerprint density at radius 2 is 1.48 bits per heavy atom. The lowest BCUT2D eigenvalue weighted by Crippen LogP contribution is -2.30. The molecule has 3 atom stereocenters. The molecule has 5 heteroatoms. The molecule has 0 saturated heterocycles. The van der Waals surface area contributed by atoms with Crippen LogP contribution in [-0.4, -0.2) is 0 Å². The normalized spacial score (nSPS) is 25.0. The summed E-state index contributed by atoms with van der Waals surface area (Å²) in [6.45, 7) is 0. The number of rotatable bonds is 1. The molecule has 2 aliphatic rings. The molecule has 1 heterocycles. The average molecular weight is 385 g/mol. The molecule has 1 N–H and O–H groups in total. The van der Waals surface area contributed by atoms with Crippen LogP contribution in [0.15, 0.2) is 42.5 Å². The Morgan fingerprint density at radius 1 is 0.826 bits per heavy atom. The van der Waals surface area contributed by atoms with E-state index in [0.29, 0.717) is 21.0 Å². The summed E-state index contributed by atoms with van der Waals surface area (Å²) in [6, 6.07) is 9.28. The second kappa shape index (κ2) is 5.89. The highest BCUT2D eigenvalue weighted by molar-refractivity contribution is 6.37. The quantitative estimate of drug-likeness (QED) is 0.515. The maximum absolute atomic E-state index is 6.45. The summed E-state index contributed by atoms with van der Waals surface area (Å²) in [4.78, 5) is 0. The first kappa shape index (κ1) is 15.7. The Bertz CT molecular complexity index is 795. The molecule has 23 heavy (non-hydrogen) atoms. The van der Waals surface area contributed by atoms with Gasteiger partial charge in [0.25, 0.3) is 0 Å². The molecule has 2 aromatic rings. The van der Waals surface area contributed by atoms with Gasteiger partial charge in [-0.2, -0.15) is 0 Å². The van der Waals surface area contributed by atoms with Crippen molar-refractivity contribution in [2.75, 3.05) is 5.32 Å². The third-order valence-electron chi connectivity index (χ3n) is 4.73. The van der Waals surface area contributed by atoms with Crippen LogP contribution in [0.2, 0.25) is 20.1 Å². The molecule has 0 saturated carbocycles. The zero-order valence-electron chi connectivity index (χ0n) is 12.0. The SMILES string of the molecule is Clc1ccc(Cl)c2c1N[C@@H](c1c(Cl)cccc1Cl)[C@H]1CC=C[C@@H]21. The molecule has 0 amide bonds. The fourth-order valence-corrected chi connectivity index (χ4v) is 4.86. The zero-order valence-corrected chi connectivity index (χ0v) is 15.0. The molecule has 1 nitrogen and oxygen atoms in total. The summed E-state index contributed by atoms with van der Waals surface area (Å²) in [5, 5.41) is 6.29. The summed E-state index contributed by atoms with van der Waals surface area (Å²) in [7, 11) is 0. The van der Waals surface area contributed by atoms with Gasteiger partial charge in [-0.3, -0.25) is 0 Å². The third-order valence-corrected chi connectivity index (χ3v) is 6.03. The van der Waals surface area contributed by atoms with Gasteiger partial charge in [0.15, 0.2) is 0 Å². The Morgan fingerprint density at radius 3 is 2.22 bits per heavy atom. The fraction of sp³-hybridized carbons (Fsp3) is 0.222. The van der Waals surface area contributed by atoms with Gasteiger partial charge in [-0.05, 0) is 36.6 Å². The molecule has 0 spiro atoms. The van der Waals surface area contributed by atoms with Crippen molar-refractivity contribution in [1.82, 2.24) is 0 Å². The van der Waals surface area contributed by atoms with Gasteiger partial charge in [0.05, 0.1) is 16.8 Å². The number of halogens is 4. The predicted octanol–water partition coefficient (Wildman–Crippen LogP) is 7.13. The van der Waals surface area contributed by atoms with Crippen molar-refractivity contribution in [3.63, 3.8) is 0 Å². The molecule has 0 bridgehead atoms. The number of nitrogens with one attached hydrogen (secondary N) is 1. The van der Waals surface area contributed by atoms with E-state index in [1.54, 1.807) is 0 Å². The van der Waals surface area contributed by atoms with Crippen molar-refractivity contribution >= 4 is 52.1 Å². The number of benzene rings is 2. The van der Waals surface area contributed by atoms with Crippen molar-refractivity contribution in [2.45, 2.75) is 18.4 Å². The summed E-state index contributed by atoms with van der Waals surface area (Å²) in [5.74, 6) is 0.533.